The highest BCUT2D eigenvalue weighted by Gasteiger charge is 2.44. The number of alkyl halides is 3. The number of aromatic amines is 1. The number of piperazine rings is 1. The van der Waals surface area contributed by atoms with Crippen LogP contribution < -0.4 is 31.7 Å². The molecule has 7 rings (SSSR count). The number of thiazole rings is 1. The van der Waals surface area contributed by atoms with Gasteiger partial charge in [-0.2, -0.15) is 13.2 Å². The average molecular weight is 1020 g/mol. The summed E-state index contributed by atoms with van der Waals surface area (Å²) < 4.78 is 57.8. The van der Waals surface area contributed by atoms with Gasteiger partial charge >= 0.3 is 6.18 Å². The number of carbonyl (C=O) groups excluding carboxylic acids is 5. The number of likely N-dealkylation sites (N-methyl/N-ethyl adjacent to an activating group) is 1. The fourth-order valence-corrected chi connectivity index (χ4v) is 9.72. The number of halogens is 4. The van der Waals surface area contributed by atoms with Gasteiger partial charge in [0.15, 0.2) is 0 Å². The second kappa shape index (κ2) is 21.4. The van der Waals surface area contributed by atoms with Crippen molar-refractivity contribution in [3.05, 3.63) is 123 Å². The zero-order valence-electron chi connectivity index (χ0n) is 40.7. The van der Waals surface area contributed by atoms with E-state index in [-0.39, 0.29) is 54.0 Å². The fourth-order valence-electron chi connectivity index (χ4n) is 8.91. The topological polar surface area (TPSA) is 209 Å². The largest absolute Gasteiger partial charge is 0.417 e. The normalized spacial score (nSPS) is 18.9. The third-order valence-corrected chi connectivity index (χ3v) is 14.1. The van der Waals surface area contributed by atoms with Crippen molar-refractivity contribution in [3.8, 4) is 21.6 Å². The molecule has 6 N–H and O–H groups in total. The Labute approximate surface area is 417 Å². The average Bonchev–Trinajstić information content (AvgIpc) is 3.95. The molecule has 5 amide bonds. The highest BCUT2D eigenvalue weighted by molar-refractivity contribution is 7.13. The summed E-state index contributed by atoms with van der Waals surface area (Å²) in [4.78, 5) is 93.1. The van der Waals surface area contributed by atoms with E-state index in [1.165, 1.54) is 34.4 Å². The lowest BCUT2D eigenvalue weighted by molar-refractivity contribution is -0.143. The van der Waals surface area contributed by atoms with Crippen LogP contribution in [0, 0.1) is 18.2 Å². The monoisotopic (exact) mass is 1020 g/mol. The first-order valence-electron chi connectivity index (χ1n) is 23.2. The molecule has 382 valence electrons. The van der Waals surface area contributed by atoms with Gasteiger partial charge < -0.3 is 41.2 Å². The number of aryl methyl sites for hydroxylation is 1. The maximum absolute atomic E-state index is 15.7. The Balaban J connectivity index is 1.04. The summed E-state index contributed by atoms with van der Waals surface area (Å²) in [6.07, 6.45) is -5.37. The molecular weight excluding hydrogens is 959 g/mol. The summed E-state index contributed by atoms with van der Waals surface area (Å²) in [5.74, 6) is -4.59. The van der Waals surface area contributed by atoms with Gasteiger partial charge in [0.2, 0.25) is 23.3 Å². The Hall–Kier alpha value is -6.97. The summed E-state index contributed by atoms with van der Waals surface area (Å²) in [6.45, 7) is 11.4. The molecule has 2 aromatic heterocycles. The number of aliphatic hydroxyl groups excluding tert-OH is 1. The molecule has 5 atom stereocenters. The van der Waals surface area contributed by atoms with E-state index >= 15 is 4.39 Å². The number of pyridine rings is 1. The first-order valence-corrected chi connectivity index (χ1v) is 24.1. The smallest absolute Gasteiger partial charge is 0.391 e. The van der Waals surface area contributed by atoms with E-state index in [1.807, 2.05) is 57.0 Å². The van der Waals surface area contributed by atoms with Gasteiger partial charge in [-0.3, -0.25) is 33.7 Å². The Morgan fingerprint density at radius 3 is 2.22 bits per heavy atom. The SMILES string of the molecule is Cc1ncsc1-c1ccc(CNC(=O)[C@@H]2C[C@@H](O)CN2C(=O)[C@@H](NC(=O)CNC(=O)c2ccc(F)c(-c3ccc(N4C[C@@H](C)N(C)[C@@H](C)C4)c(NC(=O)c4c[nH]c(=O)cc4C(F)(F)F)c3)c2)C(C)(C)C)cc1. The fraction of sp³-hybridized carbons (Fsp3) is 0.392. The number of rotatable bonds is 13. The first-order chi connectivity index (χ1) is 33.9. The van der Waals surface area contributed by atoms with Gasteiger partial charge in [-0.25, -0.2) is 9.37 Å². The van der Waals surface area contributed by atoms with Crippen LogP contribution in [0.3, 0.4) is 0 Å². The molecular formula is C51H57F4N9O7S. The van der Waals surface area contributed by atoms with Crippen LogP contribution >= 0.6 is 11.3 Å². The molecule has 0 unspecified atom stereocenters. The van der Waals surface area contributed by atoms with Crippen LogP contribution in [0.5, 0.6) is 0 Å². The van der Waals surface area contributed by atoms with Gasteiger partial charge in [0.1, 0.15) is 17.9 Å². The van der Waals surface area contributed by atoms with Crippen molar-refractivity contribution in [2.45, 2.75) is 91.0 Å². The minimum Gasteiger partial charge on any atom is -0.391 e. The van der Waals surface area contributed by atoms with Gasteiger partial charge in [-0.1, -0.05) is 51.1 Å². The molecule has 72 heavy (non-hydrogen) atoms. The van der Waals surface area contributed by atoms with E-state index in [4.69, 9.17) is 0 Å². The van der Waals surface area contributed by atoms with Crippen molar-refractivity contribution in [1.29, 1.82) is 0 Å². The Morgan fingerprint density at radius 1 is 0.903 bits per heavy atom. The summed E-state index contributed by atoms with van der Waals surface area (Å²) in [5.41, 5.74) is 0.686. The molecule has 0 radical (unpaired) electrons. The van der Waals surface area contributed by atoms with Gasteiger partial charge in [-0.05, 0) is 80.3 Å². The summed E-state index contributed by atoms with van der Waals surface area (Å²) in [6, 6.07) is 13.8. The predicted octanol–water partition coefficient (Wildman–Crippen LogP) is 5.95. The highest BCUT2D eigenvalue weighted by Crippen LogP contribution is 2.37. The lowest BCUT2D eigenvalue weighted by atomic mass is 9.85. The molecule has 2 aliphatic heterocycles. The van der Waals surface area contributed by atoms with E-state index in [0.717, 1.165) is 27.8 Å². The van der Waals surface area contributed by atoms with Crippen LogP contribution in [-0.2, 0) is 27.1 Å². The molecule has 4 heterocycles. The van der Waals surface area contributed by atoms with Crippen LogP contribution in [0.4, 0.5) is 28.9 Å². The minimum atomic E-state index is -5.04. The van der Waals surface area contributed by atoms with E-state index in [9.17, 15) is 47.0 Å². The molecule has 0 bridgehead atoms. The summed E-state index contributed by atoms with van der Waals surface area (Å²) in [7, 11) is 1.96. The Kier molecular flexibility index (Phi) is 15.7. The number of hydrogen-bond acceptors (Lipinski definition) is 11. The van der Waals surface area contributed by atoms with Crippen LogP contribution in [-0.4, -0.2) is 118 Å². The molecule has 0 aliphatic carbocycles. The quantitative estimate of drug-likeness (QED) is 0.0764. The Bertz CT molecular complexity index is 2910. The second-order valence-corrected chi connectivity index (χ2v) is 20.3. The molecule has 16 nitrogen and oxygen atoms in total. The number of likely N-dealkylation sites (tertiary alicyclic amines) is 1. The number of carbonyl (C=O) groups is 5. The predicted molar refractivity (Wildman–Crippen MR) is 265 cm³/mol. The number of nitrogens with zero attached hydrogens (tertiary/aromatic N) is 4. The standard InChI is InChI=1S/C51H57F4N9O7S/c1-27-23-63(24-28(2)62(27)7)40-15-13-32(17-39(40)60-47(69)36-21-56-42(66)19-37(36)51(53,54)55)35-16-33(12-14-38(35)52)46(68)58-22-43(67)61-45(50(4,5)6)49(71)64-25-34(65)18-41(64)48(70)57-20-30-8-10-31(11-9-30)44-29(3)59-26-72-44/h8-17,19,21,26-28,34,41,45,65H,18,20,22-25H2,1-7H3,(H,56,66)(H,57,70)(H,58,68)(H,60,69)(H,61,67)/t27-,28+,34-,41+,45-/m1/s1. The van der Waals surface area contributed by atoms with Crippen molar-refractivity contribution < 1.29 is 46.6 Å². The van der Waals surface area contributed by atoms with Gasteiger partial charge in [0.25, 0.3) is 11.8 Å². The third-order valence-electron chi connectivity index (χ3n) is 13.1. The minimum absolute atomic E-state index is 0.0177. The van der Waals surface area contributed by atoms with E-state index in [2.05, 4.69) is 36.1 Å². The second-order valence-electron chi connectivity index (χ2n) is 19.4. The van der Waals surface area contributed by atoms with Gasteiger partial charge in [0.05, 0.1) is 51.2 Å². The summed E-state index contributed by atoms with van der Waals surface area (Å²) in [5, 5.41) is 21.2. The zero-order chi connectivity index (χ0) is 52.4. The van der Waals surface area contributed by atoms with Crippen molar-refractivity contribution >= 4 is 52.2 Å². The lowest BCUT2D eigenvalue weighted by Crippen LogP contribution is -2.58. The molecule has 2 fully saturated rings. The molecule has 2 saturated heterocycles. The van der Waals surface area contributed by atoms with Crippen LogP contribution in [0.2, 0.25) is 0 Å². The Morgan fingerprint density at radius 2 is 1.58 bits per heavy atom. The van der Waals surface area contributed by atoms with Crippen LogP contribution in [0.1, 0.15) is 78.6 Å². The van der Waals surface area contributed by atoms with Crippen molar-refractivity contribution in [2.24, 2.45) is 5.41 Å². The molecule has 2 aliphatic rings. The number of H-pyrrole nitrogens is 1. The summed E-state index contributed by atoms with van der Waals surface area (Å²) >= 11 is 1.53. The number of aromatic nitrogens is 2. The molecule has 0 saturated carbocycles. The van der Waals surface area contributed by atoms with Crippen LogP contribution in [0.15, 0.2) is 83.2 Å². The maximum Gasteiger partial charge on any atom is 0.417 e. The van der Waals surface area contributed by atoms with E-state index < -0.39 is 88.4 Å². The number of anilines is 2. The molecule has 21 heteroatoms. The number of hydrogen-bond donors (Lipinski definition) is 6. The highest BCUT2D eigenvalue weighted by atomic mass is 32.1. The number of nitrogens with one attached hydrogen (secondary N) is 5. The van der Waals surface area contributed by atoms with E-state index in [0.29, 0.717) is 31.0 Å². The zero-order valence-corrected chi connectivity index (χ0v) is 41.6. The van der Waals surface area contributed by atoms with E-state index in [1.54, 1.807) is 38.4 Å². The third kappa shape index (κ3) is 12.0. The molecule has 0 spiro atoms. The van der Waals surface area contributed by atoms with Crippen LogP contribution in [0.25, 0.3) is 21.6 Å². The maximum atomic E-state index is 15.7. The molecule has 3 aromatic carbocycles. The van der Waals surface area contributed by atoms with Crippen molar-refractivity contribution in [3.63, 3.8) is 0 Å². The van der Waals surface area contributed by atoms with Gasteiger partial charge in [0, 0.05) is 68.1 Å². The number of aliphatic hydroxyl groups is 1. The van der Waals surface area contributed by atoms with Gasteiger partial charge in [-0.15, -0.1) is 11.3 Å². The van der Waals surface area contributed by atoms with Crippen molar-refractivity contribution in [2.75, 3.05) is 43.4 Å². The lowest BCUT2D eigenvalue weighted by Gasteiger charge is -2.44. The number of amides is 5. The first kappa shape index (κ1) is 52.8. The van der Waals surface area contributed by atoms with Crippen molar-refractivity contribution in [1.82, 2.24) is 35.7 Å². The number of β-amino-alcohol motifs (C(OH)–C–C–N with tert-alkyl or cyclic N) is 1. The molecule has 5 aromatic rings. The number of benzene rings is 3.